The normalized spacial score (nSPS) is 17.8. The first-order valence-corrected chi connectivity index (χ1v) is 7.09. The number of alkyl halides is 2. The molecule has 1 atom stereocenters. The molecule has 106 valence electrons. The van der Waals surface area contributed by atoms with Crippen LogP contribution in [-0.2, 0) is 5.92 Å². The van der Waals surface area contributed by atoms with E-state index in [0.717, 1.165) is 12.1 Å². The minimum Gasteiger partial charge on any atom is -0.319 e. The van der Waals surface area contributed by atoms with Crippen molar-refractivity contribution in [1.29, 1.82) is 0 Å². The first-order valence-electron chi connectivity index (χ1n) is 7.09. The summed E-state index contributed by atoms with van der Waals surface area (Å²) in [6, 6.07) is 7.01. The minimum atomic E-state index is -2.66. The van der Waals surface area contributed by atoms with Gasteiger partial charge in [0, 0.05) is 18.0 Å². The van der Waals surface area contributed by atoms with Crippen molar-refractivity contribution in [2.45, 2.75) is 38.5 Å². The van der Waals surface area contributed by atoms with Crippen molar-refractivity contribution in [3.63, 3.8) is 0 Å². The second kappa shape index (κ2) is 5.58. The van der Waals surface area contributed by atoms with Gasteiger partial charge in [-0.25, -0.2) is 8.78 Å². The summed E-state index contributed by atoms with van der Waals surface area (Å²) in [6.45, 7) is 5.08. The molecule has 0 aliphatic heterocycles. The van der Waals surface area contributed by atoms with E-state index in [4.69, 9.17) is 0 Å². The largest absolute Gasteiger partial charge is 0.319 e. The van der Waals surface area contributed by atoms with Gasteiger partial charge < -0.3 is 5.32 Å². The third kappa shape index (κ3) is 3.14. The van der Waals surface area contributed by atoms with Crippen LogP contribution in [0, 0.1) is 11.8 Å². The summed E-state index contributed by atoms with van der Waals surface area (Å²) in [5.41, 5.74) is 1.21. The van der Waals surface area contributed by atoms with E-state index in [1.807, 2.05) is 13.1 Å². The zero-order valence-electron chi connectivity index (χ0n) is 11.9. The summed E-state index contributed by atoms with van der Waals surface area (Å²) in [4.78, 5) is 0. The highest BCUT2D eigenvalue weighted by atomic mass is 19.3. The SMILES string of the molecule is CNCC(c1cccc(C(F)(F)C2CC2)c1)C(C)C. The molecule has 3 heteroatoms. The molecule has 19 heavy (non-hydrogen) atoms. The van der Waals surface area contributed by atoms with Crippen LogP contribution in [0.3, 0.4) is 0 Å². The van der Waals surface area contributed by atoms with Crippen LogP contribution in [0.5, 0.6) is 0 Å². The summed E-state index contributed by atoms with van der Waals surface area (Å²) in [5, 5.41) is 3.15. The van der Waals surface area contributed by atoms with Crippen molar-refractivity contribution in [2.75, 3.05) is 13.6 Å². The smallest absolute Gasteiger partial charge is 0.276 e. The van der Waals surface area contributed by atoms with E-state index < -0.39 is 11.8 Å². The summed E-state index contributed by atoms with van der Waals surface area (Å²) >= 11 is 0. The Bertz CT molecular complexity index is 425. The van der Waals surface area contributed by atoms with Crippen LogP contribution in [0.2, 0.25) is 0 Å². The van der Waals surface area contributed by atoms with Crippen molar-refractivity contribution in [2.24, 2.45) is 11.8 Å². The lowest BCUT2D eigenvalue weighted by Gasteiger charge is -2.23. The van der Waals surface area contributed by atoms with Gasteiger partial charge in [-0.3, -0.25) is 0 Å². The van der Waals surface area contributed by atoms with Crippen molar-refractivity contribution >= 4 is 0 Å². The van der Waals surface area contributed by atoms with Gasteiger partial charge in [0.05, 0.1) is 0 Å². The molecule has 1 N–H and O–H groups in total. The lowest BCUT2D eigenvalue weighted by molar-refractivity contribution is -0.0286. The molecule has 0 bridgehead atoms. The van der Waals surface area contributed by atoms with Gasteiger partial charge in [-0.15, -0.1) is 0 Å². The Labute approximate surface area is 114 Å². The molecule has 1 saturated carbocycles. The van der Waals surface area contributed by atoms with Gasteiger partial charge >= 0.3 is 0 Å². The predicted octanol–water partition coefficient (Wildman–Crippen LogP) is 4.15. The highest BCUT2D eigenvalue weighted by Crippen LogP contribution is 2.49. The van der Waals surface area contributed by atoms with Crippen LogP contribution in [-0.4, -0.2) is 13.6 Å². The molecule has 1 aliphatic rings. The number of hydrogen-bond donors (Lipinski definition) is 1. The Kier molecular flexibility index (Phi) is 4.24. The van der Waals surface area contributed by atoms with E-state index >= 15 is 0 Å². The number of nitrogens with one attached hydrogen (secondary N) is 1. The third-order valence-corrected chi connectivity index (χ3v) is 4.02. The standard InChI is InChI=1S/C16H23F2N/c1-11(2)15(10-19-3)12-5-4-6-14(9-12)16(17,18)13-7-8-13/h4-6,9,11,13,15,19H,7-8,10H2,1-3H3. The van der Waals surface area contributed by atoms with Gasteiger partial charge in [-0.05, 0) is 43.4 Å². The molecule has 1 aromatic rings. The molecule has 0 amide bonds. The molecule has 0 heterocycles. The van der Waals surface area contributed by atoms with E-state index in [9.17, 15) is 8.78 Å². The maximum absolute atomic E-state index is 14.2. The summed E-state index contributed by atoms with van der Waals surface area (Å²) in [7, 11) is 1.90. The molecule has 1 aromatic carbocycles. The zero-order valence-corrected chi connectivity index (χ0v) is 11.9. The minimum absolute atomic E-state index is 0.189. The van der Waals surface area contributed by atoms with Crippen LogP contribution in [0.25, 0.3) is 0 Å². The summed E-state index contributed by atoms with van der Waals surface area (Å²) < 4.78 is 28.3. The third-order valence-electron chi connectivity index (χ3n) is 4.02. The maximum atomic E-state index is 14.2. The molecule has 0 aromatic heterocycles. The average Bonchev–Trinajstić information content (AvgIpc) is 3.20. The molecule has 0 radical (unpaired) electrons. The van der Waals surface area contributed by atoms with E-state index in [-0.39, 0.29) is 11.5 Å². The van der Waals surface area contributed by atoms with E-state index in [1.165, 1.54) is 0 Å². The molecular weight excluding hydrogens is 244 g/mol. The second-order valence-corrected chi connectivity index (χ2v) is 5.93. The van der Waals surface area contributed by atoms with Gasteiger partial charge in [0.25, 0.3) is 5.92 Å². The topological polar surface area (TPSA) is 12.0 Å². The molecule has 2 rings (SSSR count). The molecule has 1 fully saturated rings. The Morgan fingerprint density at radius 2 is 2.00 bits per heavy atom. The molecule has 1 nitrogen and oxygen atoms in total. The van der Waals surface area contributed by atoms with E-state index in [2.05, 4.69) is 19.2 Å². The van der Waals surface area contributed by atoms with E-state index in [0.29, 0.717) is 18.8 Å². The number of benzene rings is 1. The van der Waals surface area contributed by atoms with Crippen LogP contribution in [0.1, 0.15) is 43.7 Å². The van der Waals surface area contributed by atoms with Gasteiger partial charge in [-0.1, -0.05) is 32.0 Å². The van der Waals surface area contributed by atoms with Gasteiger partial charge in [-0.2, -0.15) is 0 Å². The van der Waals surface area contributed by atoms with Gasteiger partial charge in [0.1, 0.15) is 0 Å². The Hall–Kier alpha value is -0.960. The van der Waals surface area contributed by atoms with Gasteiger partial charge in [0.2, 0.25) is 0 Å². The van der Waals surface area contributed by atoms with Crippen LogP contribution in [0.15, 0.2) is 24.3 Å². The Morgan fingerprint density at radius 1 is 1.32 bits per heavy atom. The maximum Gasteiger partial charge on any atom is 0.276 e. The number of halogens is 2. The monoisotopic (exact) mass is 267 g/mol. The van der Waals surface area contributed by atoms with Crippen LogP contribution < -0.4 is 5.32 Å². The lowest BCUT2D eigenvalue weighted by Crippen LogP contribution is -2.22. The van der Waals surface area contributed by atoms with Gasteiger partial charge in [0.15, 0.2) is 0 Å². The number of likely N-dealkylation sites (N-methyl/N-ethyl adjacent to an activating group) is 1. The zero-order chi connectivity index (χ0) is 14.0. The predicted molar refractivity (Wildman–Crippen MR) is 74.6 cm³/mol. The fourth-order valence-electron chi connectivity index (χ4n) is 2.62. The molecule has 0 saturated heterocycles. The second-order valence-electron chi connectivity index (χ2n) is 5.93. The van der Waals surface area contributed by atoms with Crippen molar-refractivity contribution in [3.05, 3.63) is 35.4 Å². The molecule has 1 unspecified atom stereocenters. The molecule has 0 spiro atoms. The summed E-state index contributed by atoms with van der Waals surface area (Å²) in [5.74, 6) is -2.39. The van der Waals surface area contributed by atoms with Crippen LogP contribution >= 0.6 is 0 Å². The van der Waals surface area contributed by atoms with Crippen LogP contribution in [0.4, 0.5) is 8.78 Å². The average molecular weight is 267 g/mol. The number of rotatable bonds is 6. The van der Waals surface area contributed by atoms with Crippen molar-refractivity contribution in [3.8, 4) is 0 Å². The fourth-order valence-corrected chi connectivity index (χ4v) is 2.62. The Morgan fingerprint density at radius 3 is 2.53 bits per heavy atom. The molecule has 1 aliphatic carbocycles. The quantitative estimate of drug-likeness (QED) is 0.816. The first-order chi connectivity index (χ1) is 8.96. The van der Waals surface area contributed by atoms with Crippen molar-refractivity contribution in [1.82, 2.24) is 5.32 Å². The highest BCUT2D eigenvalue weighted by Gasteiger charge is 2.47. The van der Waals surface area contributed by atoms with E-state index in [1.54, 1.807) is 18.2 Å². The summed E-state index contributed by atoms with van der Waals surface area (Å²) in [6.07, 6.45) is 1.31. The van der Waals surface area contributed by atoms with Crippen molar-refractivity contribution < 1.29 is 8.78 Å². The fraction of sp³-hybridized carbons (Fsp3) is 0.625. The first kappa shape index (κ1) is 14.4. The highest BCUT2D eigenvalue weighted by molar-refractivity contribution is 5.31. The number of hydrogen-bond acceptors (Lipinski definition) is 1. The lowest BCUT2D eigenvalue weighted by atomic mass is 9.86. The Balaban J connectivity index is 2.27. The molecular formula is C16H23F2N.